The first-order valence-corrected chi connectivity index (χ1v) is 16.6. The fraction of sp³-hybridized carbons (Fsp3) is 0. The first kappa shape index (κ1) is 28.1. The number of pyridine rings is 4. The molecular formula is C44H28N6. The predicted molar refractivity (Wildman–Crippen MR) is 203 cm³/mol. The van der Waals surface area contributed by atoms with Crippen molar-refractivity contribution in [1.82, 2.24) is 29.1 Å². The van der Waals surface area contributed by atoms with Crippen LogP contribution in [0.1, 0.15) is 0 Å². The molecule has 0 radical (unpaired) electrons. The van der Waals surface area contributed by atoms with E-state index in [2.05, 4.69) is 139 Å². The lowest BCUT2D eigenvalue weighted by Gasteiger charge is -2.16. The molecule has 0 amide bonds. The summed E-state index contributed by atoms with van der Waals surface area (Å²) < 4.78 is 4.68. The lowest BCUT2D eigenvalue weighted by atomic mass is 10.00. The van der Waals surface area contributed by atoms with Crippen molar-refractivity contribution in [2.45, 2.75) is 0 Å². The molecule has 50 heavy (non-hydrogen) atoms. The first-order valence-electron chi connectivity index (χ1n) is 16.6. The summed E-state index contributed by atoms with van der Waals surface area (Å²) in [7, 11) is 0. The van der Waals surface area contributed by atoms with Gasteiger partial charge in [-0.05, 0) is 77.9 Å². The van der Waals surface area contributed by atoms with Crippen molar-refractivity contribution in [3.8, 4) is 45.1 Å². The molecule has 234 valence electrons. The van der Waals surface area contributed by atoms with Crippen LogP contribution in [0.25, 0.3) is 88.8 Å². The quantitative estimate of drug-likeness (QED) is 0.188. The summed E-state index contributed by atoms with van der Waals surface area (Å²) >= 11 is 0. The largest absolute Gasteiger partial charge is 0.309 e. The number of hydrogen-bond acceptors (Lipinski definition) is 4. The number of para-hydroxylation sites is 2. The van der Waals surface area contributed by atoms with Crippen LogP contribution in [-0.2, 0) is 0 Å². The van der Waals surface area contributed by atoms with Gasteiger partial charge in [-0.3, -0.25) is 15.0 Å². The summed E-state index contributed by atoms with van der Waals surface area (Å²) in [5, 5.41) is 4.63. The van der Waals surface area contributed by atoms with Crippen LogP contribution in [0.4, 0.5) is 0 Å². The predicted octanol–water partition coefficient (Wildman–Crippen LogP) is 10.5. The third kappa shape index (κ3) is 4.50. The third-order valence-corrected chi connectivity index (χ3v) is 9.52. The molecule has 6 aromatic heterocycles. The Morgan fingerprint density at radius 3 is 1.74 bits per heavy atom. The number of aromatic nitrogens is 6. The average Bonchev–Trinajstić information content (AvgIpc) is 3.71. The average molecular weight is 641 g/mol. The molecule has 0 bridgehead atoms. The van der Waals surface area contributed by atoms with E-state index in [1.165, 1.54) is 10.8 Å². The highest BCUT2D eigenvalue weighted by Gasteiger charge is 2.18. The van der Waals surface area contributed by atoms with Gasteiger partial charge in [0.1, 0.15) is 0 Å². The molecular weight excluding hydrogens is 613 g/mol. The molecule has 6 heteroatoms. The summed E-state index contributed by atoms with van der Waals surface area (Å²) in [6.07, 6.45) is 9.49. The second-order valence-electron chi connectivity index (χ2n) is 12.4. The fourth-order valence-electron chi connectivity index (χ4n) is 7.31. The topological polar surface area (TPSA) is 61.4 Å². The standard InChI is InChI=1S/C44H28N6/c1-2-10-29(11-3-1)39-24-31(25-40(48-39)38-14-8-9-19-47-38)30-22-32(49-42-16-7-5-13-35(42)37-27-45-21-18-43(37)49)26-33(23-30)50-41-15-6-4-12-34(41)36-17-20-46-28-44(36)50/h1-28H. The van der Waals surface area contributed by atoms with Crippen LogP contribution in [0.15, 0.2) is 171 Å². The fourth-order valence-corrected chi connectivity index (χ4v) is 7.31. The third-order valence-electron chi connectivity index (χ3n) is 9.52. The van der Waals surface area contributed by atoms with Crippen molar-refractivity contribution in [3.05, 3.63) is 171 Å². The lowest BCUT2D eigenvalue weighted by Crippen LogP contribution is -2.01. The second kappa shape index (κ2) is 11.4. The van der Waals surface area contributed by atoms with Crippen molar-refractivity contribution < 1.29 is 0 Å². The van der Waals surface area contributed by atoms with Gasteiger partial charge in [0.05, 0.1) is 45.3 Å². The van der Waals surface area contributed by atoms with E-state index in [0.717, 1.165) is 78.0 Å². The van der Waals surface area contributed by atoms with Gasteiger partial charge in [0, 0.05) is 63.3 Å². The molecule has 0 aliphatic carbocycles. The van der Waals surface area contributed by atoms with Gasteiger partial charge in [0.2, 0.25) is 0 Å². The minimum absolute atomic E-state index is 0.818. The zero-order valence-corrected chi connectivity index (χ0v) is 26.8. The maximum absolute atomic E-state index is 5.12. The van der Waals surface area contributed by atoms with Crippen LogP contribution in [0.2, 0.25) is 0 Å². The van der Waals surface area contributed by atoms with Crippen LogP contribution in [0.3, 0.4) is 0 Å². The van der Waals surface area contributed by atoms with E-state index >= 15 is 0 Å². The molecule has 0 N–H and O–H groups in total. The van der Waals surface area contributed by atoms with Gasteiger partial charge in [-0.1, -0.05) is 72.8 Å². The number of hydrogen-bond donors (Lipinski definition) is 0. The van der Waals surface area contributed by atoms with Crippen LogP contribution in [0, 0.1) is 0 Å². The summed E-state index contributed by atoms with van der Waals surface area (Å²) in [6, 6.07) is 48.8. The van der Waals surface area contributed by atoms with Crippen molar-refractivity contribution in [3.63, 3.8) is 0 Å². The Hall–Kier alpha value is -6.92. The molecule has 6 nitrogen and oxygen atoms in total. The van der Waals surface area contributed by atoms with Crippen LogP contribution in [0.5, 0.6) is 0 Å². The van der Waals surface area contributed by atoms with E-state index in [4.69, 9.17) is 4.98 Å². The van der Waals surface area contributed by atoms with Crippen LogP contribution < -0.4 is 0 Å². The molecule has 0 unspecified atom stereocenters. The Morgan fingerprint density at radius 1 is 0.360 bits per heavy atom. The normalized spacial score (nSPS) is 11.6. The number of benzene rings is 4. The Kier molecular flexibility index (Phi) is 6.39. The monoisotopic (exact) mass is 640 g/mol. The van der Waals surface area contributed by atoms with Gasteiger partial charge >= 0.3 is 0 Å². The molecule has 6 heterocycles. The SMILES string of the molecule is c1ccc(-c2cc(-c3cc(-n4c5ccccc5c5cnccc54)cc(-n4c5ccccc5c5ccncc54)c3)cc(-c3ccccn3)n2)cc1. The molecule has 0 atom stereocenters. The van der Waals surface area contributed by atoms with Gasteiger partial charge in [0.25, 0.3) is 0 Å². The van der Waals surface area contributed by atoms with E-state index in [0.29, 0.717) is 0 Å². The zero-order chi connectivity index (χ0) is 33.0. The second-order valence-corrected chi connectivity index (χ2v) is 12.4. The summed E-state index contributed by atoms with van der Waals surface area (Å²) in [4.78, 5) is 18.9. The van der Waals surface area contributed by atoms with E-state index < -0.39 is 0 Å². The molecule has 10 aromatic rings. The summed E-state index contributed by atoms with van der Waals surface area (Å²) in [5.41, 5.74) is 12.2. The summed E-state index contributed by atoms with van der Waals surface area (Å²) in [6.45, 7) is 0. The van der Waals surface area contributed by atoms with Crippen molar-refractivity contribution in [2.75, 3.05) is 0 Å². The number of fused-ring (bicyclic) bond motifs is 6. The molecule has 0 aliphatic heterocycles. The minimum Gasteiger partial charge on any atom is -0.309 e. The smallest absolute Gasteiger partial charge is 0.0899 e. The Bertz CT molecular complexity index is 2570. The van der Waals surface area contributed by atoms with Gasteiger partial charge in [-0.2, -0.15) is 0 Å². The van der Waals surface area contributed by atoms with Crippen molar-refractivity contribution in [1.29, 1.82) is 0 Å². The maximum Gasteiger partial charge on any atom is 0.0899 e. The first-order chi connectivity index (χ1) is 24.8. The Balaban J connectivity index is 1.31. The molecule has 10 rings (SSSR count). The molecule has 0 spiro atoms. The van der Waals surface area contributed by atoms with Gasteiger partial charge in [-0.25, -0.2) is 4.98 Å². The lowest BCUT2D eigenvalue weighted by molar-refractivity contribution is 1.13. The van der Waals surface area contributed by atoms with Crippen molar-refractivity contribution in [2.24, 2.45) is 0 Å². The van der Waals surface area contributed by atoms with E-state index in [-0.39, 0.29) is 0 Å². The number of rotatable bonds is 5. The molecule has 0 saturated heterocycles. The maximum atomic E-state index is 5.12. The highest BCUT2D eigenvalue weighted by Crippen LogP contribution is 2.38. The van der Waals surface area contributed by atoms with E-state index in [9.17, 15) is 0 Å². The van der Waals surface area contributed by atoms with Crippen LogP contribution in [-0.4, -0.2) is 29.1 Å². The zero-order valence-electron chi connectivity index (χ0n) is 26.8. The molecule has 0 saturated carbocycles. The van der Waals surface area contributed by atoms with E-state index in [1.807, 2.05) is 55.2 Å². The van der Waals surface area contributed by atoms with Crippen LogP contribution >= 0.6 is 0 Å². The molecule has 0 aliphatic rings. The highest BCUT2D eigenvalue weighted by atomic mass is 15.0. The molecule has 4 aromatic carbocycles. The number of nitrogens with zero attached hydrogens (tertiary/aromatic N) is 6. The summed E-state index contributed by atoms with van der Waals surface area (Å²) in [5.74, 6) is 0. The van der Waals surface area contributed by atoms with Gasteiger partial charge in [-0.15, -0.1) is 0 Å². The highest BCUT2D eigenvalue weighted by molar-refractivity contribution is 6.10. The van der Waals surface area contributed by atoms with E-state index in [1.54, 1.807) is 0 Å². The van der Waals surface area contributed by atoms with Gasteiger partial charge < -0.3 is 9.13 Å². The van der Waals surface area contributed by atoms with Gasteiger partial charge in [0.15, 0.2) is 0 Å². The minimum atomic E-state index is 0.818. The Labute approximate surface area is 287 Å². The van der Waals surface area contributed by atoms with Crippen molar-refractivity contribution >= 4 is 43.6 Å². The Morgan fingerprint density at radius 2 is 0.960 bits per heavy atom. The molecule has 0 fully saturated rings.